The number of anilines is 1. The lowest BCUT2D eigenvalue weighted by Gasteiger charge is -2.10. The van der Waals surface area contributed by atoms with E-state index in [1.165, 1.54) is 0 Å². The minimum absolute atomic E-state index is 0.0956. The topological polar surface area (TPSA) is 90.6 Å². The number of hydrogen-bond acceptors (Lipinski definition) is 5. The number of nitrogens with two attached hydrogens (primary N) is 1. The fraction of sp³-hybridized carbons (Fsp3) is 0.500. The van der Waals surface area contributed by atoms with Crippen LogP contribution >= 0.6 is 15.9 Å². The monoisotopic (exact) mass is 384 g/mol. The van der Waals surface area contributed by atoms with Gasteiger partial charge in [0.15, 0.2) is 0 Å². The molecule has 0 amide bonds. The van der Waals surface area contributed by atoms with E-state index in [-0.39, 0.29) is 21.6 Å². The molecule has 1 aromatic carbocycles. The van der Waals surface area contributed by atoms with E-state index < -0.39 is 15.8 Å². The summed E-state index contributed by atoms with van der Waals surface area (Å²) in [5.41, 5.74) is 5.17. The highest BCUT2D eigenvalue weighted by Crippen LogP contribution is 2.26. The van der Waals surface area contributed by atoms with Crippen LogP contribution in [0.4, 0.5) is 10.1 Å². The summed E-state index contributed by atoms with van der Waals surface area (Å²) >= 11 is 3.01. The van der Waals surface area contributed by atoms with Gasteiger partial charge >= 0.3 is 0 Å². The molecule has 0 unspecified atom stereocenters. The van der Waals surface area contributed by atoms with Crippen LogP contribution in [0.5, 0.6) is 0 Å². The van der Waals surface area contributed by atoms with Gasteiger partial charge in [0.2, 0.25) is 10.0 Å². The van der Waals surface area contributed by atoms with Gasteiger partial charge in [-0.2, -0.15) is 0 Å². The molecule has 0 radical (unpaired) electrons. The van der Waals surface area contributed by atoms with E-state index in [1.807, 2.05) is 0 Å². The SMILES string of the molecule is COCCOCCCNS(=O)(=O)c1cc(N)c(F)cc1Br. The van der Waals surface area contributed by atoms with Crippen molar-refractivity contribution in [2.75, 3.05) is 39.2 Å². The van der Waals surface area contributed by atoms with Crippen LogP contribution < -0.4 is 10.5 Å². The van der Waals surface area contributed by atoms with Crippen LogP contribution in [-0.2, 0) is 19.5 Å². The van der Waals surface area contributed by atoms with E-state index in [4.69, 9.17) is 15.2 Å². The van der Waals surface area contributed by atoms with Crippen LogP contribution in [0.15, 0.2) is 21.5 Å². The lowest BCUT2D eigenvalue weighted by atomic mass is 10.3. The second-order valence-corrected chi connectivity index (χ2v) is 6.75. The third-order valence-corrected chi connectivity index (χ3v) is 4.95. The summed E-state index contributed by atoms with van der Waals surface area (Å²) in [6.45, 7) is 1.58. The Labute approximate surface area is 132 Å². The highest BCUT2D eigenvalue weighted by atomic mass is 79.9. The van der Waals surface area contributed by atoms with Crippen molar-refractivity contribution in [3.05, 3.63) is 22.4 Å². The highest BCUT2D eigenvalue weighted by Gasteiger charge is 2.19. The predicted molar refractivity (Wildman–Crippen MR) is 81.0 cm³/mol. The van der Waals surface area contributed by atoms with Gasteiger partial charge in [-0.25, -0.2) is 17.5 Å². The van der Waals surface area contributed by atoms with E-state index >= 15 is 0 Å². The molecule has 0 aromatic heterocycles. The molecule has 9 heteroatoms. The number of nitrogen functional groups attached to an aromatic ring is 1. The van der Waals surface area contributed by atoms with Gasteiger partial charge in [-0.3, -0.25) is 0 Å². The number of rotatable bonds is 9. The number of hydrogen-bond donors (Lipinski definition) is 2. The minimum Gasteiger partial charge on any atom is -0.396 e. The molecule has 0 aliphatic carbocycles. The minimum atomic E-state index is -3.75. The first-order chi connectivity index (χ1) is 9.88. The predicted octanol–water partition coefficient (Wildman–Crippen LogP) is 1.50. The van der Waals surface area contributed by atoms with E-state index in [0.717, 1.165) is 12.1 Å². The Morgan fingerprint density at radius 2 is 2.05 bits per heavy atom. The summed E-state index contributed by atoms with van der Waals surface area (Å²) < 4.78 is 49.9. The van der Waals surface area contributed by atoms with Crippen LogP contribution in [-0.4, -0.2) is 41.9 Å². The molecule has 0 heterocycles. The van der Waals surface area contributed by atoms with Gasteiger partial charge in [0.25, 0.3) is 0 Å². The highest BCUT2D eigenvalue weighted by molar-refractivity contribution is 9.10. The summed E-state index contributed by atoms with van der Waals surface area (Å²) in [6.07, 6.45) is 0.511. The molecule has 0 aliphatic rings. The molecule has 21 heavy (non-hydrogen) atoms. The van der Waals surface area contributed by atoms with Crippen LogP contribution in [0, 0.1) is 5.82 Å². The fourth-order valence-corrected chi connectivity index (χ4v) is 3.57. The number of ether oxygens (including phenoxy) is 2. The van der Waals surface area contributed by atoms with Crippen molar-refractivity contribution in [3.8, 4) is 0 Å². The van der Waals surface area contributed by atoms with Crippen molar-refractivity contribution in [2.45, 2.75) is 11.3 Å². The third-order valence-electron chi connectivity index (χ3n) is 2.53. The Bertz CT molecular complexity index is 569. The van der Waals surface area contributed by atoms with Crippen molar-refractivity contribution in [2.24, 2.45) is 0 Å². The second kappa shape index (κ2) is 8.64. The van der Waals surface area contributed by atoms with Crippen molar-refractivity contribution in [3.63, 3.8) is 0 Å². The van der Waals surface area contributed by atoms with Gasteiger partial charge in [0, 0.05) is 24.7 Å². The second-order valence-electron chi connectivity index (χ2n) is 4.16. The molecule has 120 valence electrons. The molecular formula is C12H18BrFN2O4S. The van der Waals surface area contributed by atoms with Crippen molar-refractivity contribution in [1.29, 1.82) is 0 Å². The van der Waals surface area contributed by atoms with Gasteiger partial charge in [-0.15, -0.1) is 0 Å². The zero-order chi connectivity index (χ0) is 15.9. The molecule has 0 spiro atoms. The maximum absolute atomic E-state index is 13.2. The van der Waals surface area contributed by atoms with Crippen molar-refractivity contribution < 1.29 is 22.3 Å². The van der Waals surface area contributed by atoms with Crippen molar-refractivity contribution in [1.82, 2.24) is 4.72 Å². The zero-order valence-electron chi connectivity index (χ0n) is 11.6. The van der Waals surface area contributed by atoms with E-state index in [2.05, 4.69) is 20.7 Å². The van der Waals surface area contributed by atoms with Gasteiger partial charge in [-0.1, -0.05) is 0 Å². The summed E-state index contributed by atoms with van der Waals surface area (Å²) in [5.74, 6) is -0.674. The standard InChI is InChI=1S/C12H18BrFN2O4S/c1-19-5-6-20-4-2-3-16-21(17,18)12-8-11(15)10(14)7-9(12)13/h7-8,16H,2-6,15H2,1H3. The Hall–Kier alpha value is -0.740. The quantitative estimate of drug-likeness (QED) is 0.497. The summed E-state index contributed by atoms with van der Waals surface area (Å²) in [7, 11) is -2.18. The Morgan fingerprint density at radius 1 is 1.33 bits per heavy atom. The molecule has 1 rings (SSSR count). The first kappa shape index (κ1) is 18.3. The summed E-state index contributed by atoms with van der Waals surface area (Å²) in [6, 6.07) is 2.11. The number of benzene rings is 1. The number of methoxy groups -OCH3 is 1. The van der Waals surface area contributed by atoms with Crippen LogP contribution in [0.2, 0.25) is 0 Å². The van der Waals surface area contributed by atoms with Gasteiger partial charge in [0.1, 0.15) is 5.82 Å². The molecule has 0 saturated carbocycles. The fourth-order valence-electron chi connectivity index (χ4n) is 1.45. The Balaban J connectivity index is 2.53. The first-order valence-corrected chi connectivity index (χ1v) is 8.47. The Morgan fingerprint density at radius 3 is 2.71 bits per heavy atom. The largest absolute Gasteiger partial charge is 0.396 e. The molecule has 0 bridgehead atoms. The third kappa shape index (κ3) is 5.87. The summed E-state index contributed by atoms with van der Waals surface area (Å²) in [5, 5.41) is 0. The van der Waals surface area contributed by atoms with Gasteiger partial charge in [0.05, 0.1) is 23.8 Å². The molecule has 6 nitrogen and oxygen atoms in total. The lowest BCUT2D eigenvalue weighted by molar-refractivity contribution is 0.0699. The number of halogens is 2. The zero-order valence-corrected chi connectivity index (χ0v) is 14.0. The lowest BCUT2D eigenvalue weighted by Crippen LogP contribution is -2.26. The van der Waals surface area contributed by atoms with Crippen LogP contribution in [0.3, 0.4) is 0 Å². The molecule has 0 aliphatic heterocycles. The maximum Gasteiger partial charge on any atom is 0.241 e. The number of nitrogens with one attached hydrogen (secondary N) is 1. The average Bonchev–Trinajstić information content (AvgIpc) is 2.41. The smallest absolute Gasteiger partial charge is 0.241 e. The molecule has 0 saturated heterocycles. The molecule has 3 N–H and O–H groups in total. The van der Waals surface area contributed by atoms with E-state index in [9.17, 15) is 12.8 Å². The van der Waals surface area contributed by atoms with Gasteiger partial charge < -0.3 is 15.2 Å². The summed E-state index contributed by atoms with van der Waals surface area (Å²) in [4.78, 5) is -0.0956. The van der Waals surface area contributed by atoms with Crippen molar-refractivity contribution >= 4 is 31.6 Å². The van der Waals surface area contributed by atoms with E-state index in [1.54, 1.807) is 7.11 Å². The van der Waals surface area contributed by atoms with E-state index in [0.29, 0.717) is 26.2 Å². The maximum atomic E-state index is 13.2. The van der Waals surface area contributed by atoms with Gasteiger partial charge in [-0.05, 0) is 34.5 Å². The normalized spacial score (nSPS) is 11.8. The number of sulfonamides is 1. The van der Waals surface area contributed by atoms with Crippen LogP contribution in [0.1, 0.15) is 6.42 Å². The Kier molecular flexibility index (Phi) is 7.53. The first-order valence-electron chi connectivity index (χ1n) is 6.19. The molecular weight excluding hydrogens is 367 g/mol. The van der Waals surface area contributed by atoms with Crippen LogP contribution in [0.25, 0.3) is 0 Å². The molecule has 1 aromatic rings. The average molecular weight is 385 g/mol. The molecule has 0 atom stereocenters. The molecule has 0 fully saturated rings.